The first-order chi connectivity index (χ1) is 11.2. The molecule has 0 radical (unpaired) electrons. The lowest BCUT2D eigenvalue weighted by Crippen LogP contribution is -2.53. The minimum absolute atomic E-state index is 0.0357. The Morgan fingerprint density at radius 2 is 2.22 bits per heavy atom. The highest BCUT2D eigenvalue weighted by molar-refractivity contribution is 7.09. The lowest BCUT2D eigenvalue weighted by atomic mass is 9.86. The van der Waals surface area contributed by atoms with Gasteiger partial charge in [-0.1, -0.05) is 6.42 Å². The highest BCUT2D eigenvalue weighted by Gasteiger charge is 2.41. The third-order valence-electron chi connectivity index (χ3n) is 5.52. The van der Waals surface area contributed by atoms with E-state index in [2.05, 4.69) is 15.3 Å². The summed E-state index contributed by atoms with van der Waals surface area (Å²) in [5, 5.41) is 3.12. The normalized spacial score (nSPS) is 30.0. The predicted octanol–water partition coefficient (Wildman–Crippen LogP) is 2.05. The second-order valence-corrected chi connectivity index (χ2v) is 8.06. The first-order valence-electron chi connectivity index (χ1n) is 8.76. The topological polar surface area (TPSA) is 45.7 Å². The molecule has 0 spiro atoms. The van der Waals surface area contributed by atoms with E-state index in [9.17, 15) is 4.79 Å². The molecule has 1 saturated carbocycles. The van der Waals surface area contributed by atoms with Crippen LogP contribution in [0.4, 0.5) is 0 Å². The van der Waals surface area contributed by atoms with Crippen molar-refractivity contribution in [2.24, 2.45) is 5.92 Å². The van der Waals surface area contributed by atoms with Gasteiger partial charge < -0.3 is 9.64 Å². The van der Waals surface area contributed by atoms with Crippen LogP contribution < -0.4 is 0 Å². The summed E-state index contributed by atoms with van der Waals surface area (Å²) in [6.45, 7) is 5.95. The van der Waals surface area contributed by atoms with Gasteiger partial charge in [-0.15, -0.1) is 11.3 Å². The Hall–Kier alpha value is -0.980. The first kappa shape index (κ1) is 15.5. The molecule has 2 aliphatic heterocycles. The number of aromatic nitrogens is 1. The number of rotatable bonds is 3. The molecule has 1 amide bonds. The average Bonchev–Trinajstić information content (AvgIpc) is 2.82. The molecule has 3 aliphatic rings. The summed E-state index contributed by atoms with van der Waals surface area (Å²) in [6, 6.07) is 0.743. The number of hydrogen-bond donors (Lipinski definition) is 0. The standard InChI is InChI=1S/C17H25N3O2S/c1-12-18-13(11-23-12)9-20-7-8-22-16-10-19(14-3-2-4-14)6-5-15(16)17(20)21/h11,14-16H,2-10H2,1H3/t15-,16+/m0/s1. The third kappa shape index (κ3) is 3.16. The Bertz CT molecular complexity index is 572. The van der Waals surface area contributed by atoms with Gasteiger partial charge in [0.1, 0.15) is 0 Å². The summed E-state index contributed by atoms with van der Waals surface area (Å²) < 4.78 is 6.08. The minimum atomic E-state index is 0.0357. The number of amides is 1. The molecule has 2 atom stereocenters. The summed E-state index contributed by atoms with van der Waals surface area (Å²) >= 11 is 1.65. The quantitative estimate of drug-likeness (QED) is 0.848. The molecule has 3 fully saturated rings. The molecule has 1 aromatic rings. The molecule has 4 rings (SSSR count). The number of piperidine rings is 1. The highest BCUT2D eigenvalue weighted by Crippen LogP contribution is 2.32. The van der Waals surface area contributed by atoms with Crippen LogP contribution in [0, 0.1) is 12.8 Å². The van der Waals surface area contributed by atoms with Crippen molar-refractivity contribution in [3.05, 3.63) is 16.1 Å². The van der Waals surface area contributed by atoms with Gasteiger partial charge in [0.2, 0.25) is 5.91 Å². The largest absolute Gasteiger partial charge is 0.374 e. The zero-order valence-electron chi connectivity index (χ0n) is 13.7. The molecule has 0 bridgehead atoms. The van der Waals surface area contributed by atoms with Gasteiger partial charge in [-0.05, 0) is 32.7 Å². The maximum Gasteiger partial charge on any atom is 0.228 e. The maximum absolute atomic E-state index is 13.0. The molecule has 3 heterocycles. The Labute approximate surface area is 141 Å². The van der Waals surface area contributed by atoms with Crippen molar-refractivity contribution in [1.82, 2.24) is 14.8 Å². The van der Waals surface area contributed by atoms with Crippen molar-refractivity contribution in [3.8, 4) is 0 Å². The molecular formula is C17H25N3O2S. The van der Waals surface area contributed by atoms with Crippen LogP contribution in [0.2, 0.25) is 0 Å². The third-order valence-corrected chi connectivity index (χ3v) is 6.35. The van der Waals surface area contributed by atoms with Crippen LogP contribution in [0.3, 0.4) is 0 Å². The molecule has 0 N–H and O–H groups in total. The van der Waals surface area contributed by atoms with Gasteiger partial charge in [0.15, 0.2) is 0 Å². The fourth-order valence-corrected chi connectivity index (χ4v) is 4.57. The Kier molecular flexibility index (Phi) is 4.39. The Morgan fingerprint density at radius 3 is 2.91 bits per heavy atom. The van der Waals surface area contributed by atoms with Crippen LogP contribution in [0.5, 0.6) is 0 Å². The van der Waals surface area contributed by atoms with Crippen LogP contribution in [-0.2, 0) is 16.1 Å². The summed E-state index contributed by atoms with van der Waals surface area (Å²) in [4.78, 5) is 22.0. The van der Waals surface area contributed by atoms with Crippen molar-refractivity contribution in [1.29, 1.82) is 0 Å². The summed E-state index contributed by atoms with van der Waals surface area (Å²) in [5.74, 6) is 0.306. The van der Waals surface area contributed by atoms with Gasteiger partial charge in [0, 0.05) is 24.5 Å². The van der Waals surface area contributed by atoms with Crippen molar-refractivity contribution in [3.63, 3.8) is 0 Å². The van der Waals surface area contributed by atoms with Crippen molar-refractivity contribution in [2.45, 2.75) is 51.3 Å². The van der Waals surface area contributed by atoms with Gasteiger partial charge in [-0.3, -0.25) is 9.69 Å². The monoisotopic (exact) mass is 335 g/mol. The number of likely N-dealkylation sites (tertiary alicyclic amines) is 1. The van der Waals surface area contributed by atoms with Crippen molar-refractivity contribution >= 4 is 17.2 Å². The molecule has 1 aromatic heterocycles. The predicted molar refractivity (Wildman–Crippen MR) is 89.3 cm³/mol. The van der Waals surface area contributed by atoms with Crippen LogP contribution in [-0.4, -0.2) is 59.1 Å². The number of carbonyl (C=O) groups is 1. The molecule has 6 heteroatoms. The zero-order chi connectivity index (χ0) is 15.8. The smallest absolute Gasteiger partial charge is 0.228 e. The fourth-order valence-electron chi connectivity index (χ4n) is 3.97. The van der Waals surface area contributed by atoms with Crippen LogP contribution in [0.1, 0.15) is 36.4 Å². The van der Waals surface area contributed by atoms with E-state index in [-0.39, 0.29) is 17.9 Å². The summed E-state index contributed by atoms with van der Waals surface area (Å²) in [6.07, 6.45) is 5.02. The second kappa shape index (κ2) is 6.49. The van der Waals surface area contributed by atoms with E-state index in [1.807, 2.05) is 11.8 Å². The molecule has 23 heavy (non-hydrogen) atoms. The average molecular weight is 335 g/mol. The Morgan fingerprint density at radius 1 is 1.35 bits per heavy atom. The fraction of sp³-hybridized carbons (Fsp3) is 0.765. The number of aryl methyl sites for hydroxylation is 1. The van der Waals surface area contributed by atoms with E-state index in [4.69, 9.17) is 4.74 Å². The van der Waals surface area contributed by atoms with Crippen LogP contribution >= 0.6 is 11.3 Å². The summed E-state index contributed by atoms with van der Waals surface area (Å²) in [5.41, 5.74) is 1.01. The van der Waals surface area contributed by atoms with Crippen LogP contribution in [0.25, 0.3) is 0 Å². The summed E-state index contributed by atoms with van der Waals surface area (Å²) in [7, 11) is 0. The SMILES string of the molecule is Cc1nc(CN2CCO[C@@H]3CN(C4CCC4)CC[C@@H]3C2=O)cs1. The van der Waals surface area contributed by atoms with Crippen molar-refractivity contribution in [2.75, 3.05) is 26.2 Å². The van der Waals surface area contributed by atoms with E-state index < -0.39 is 0 Å². The van der Waals surface area contributed by atoms with Gasteiger partial charge in [-0.25, -0.2) is 4.98 Å². The zero-order valence-corrected chi connectivity index (χ0v) is 14.6. The van der Waals surface area contributed by atoms with Crippen molar-refractivity contribution < 1.29 is 9.53 Å². The minimum Gasteiger partial charge on any atom is -0.374 e. The number of hydrogen-bond acceptors (Lipinski definition) is 5. The van der Waals surface area contributed by atoms with E-state index in [0.717, 1.165) is 36.3 Å². The molecule has 0 aromatic carbocycles. The van der Waals surface area contributed by atoms with E-state index in [0.29, 0.717) is 19.7 Å². The number of nitrogens with zero attached hydrogens (tertiary/aromatic N) is 3. The van der Waals surface area contributed by atoms with E-state index in [1.165, 1.54) is 19.3 Å². The molecule has 5 nitrogen and oxygen atoms in total. The lowest BCUT2D eigenvalue weighted by molar-refractivity contribution is -0.140. The van der Waals surface area contributed by atoms with Gasteiger partial charge in [0.05, 0.1) is 35.9 Å². The number of carbonyl (C=O) groups excluding carboxylic acids is 1. The molecule has 2 saturated heterocycles. The molecule has 1 aliphatic carbocycles. The van der Waals surface area contributed by atoms with Gasteiger partial charge in [0.25, 0.3) is 0 Å². The van der Waals surface area contributed by atoms with Crippen LogP contribution in [0.15, 0.2) is 5.38 Å². The van der Waals surface area contributed by atoms with E-state index in [1.54, 1.807) is 11.3 Å². The second-order valence-electron chi connectivity index (χ2n) is 7.00. The highest BCUT2D eigenvalue weighted by atomic mass is 32.1. The van der Waals surface area contributed by atoms with E-state index >= 15 is 0 Å². The number of fused-ring (bicyclic) bond motifs is 1. The molecular weight excluding hydrogens is 310 g/mol. The first-order valence-corrected chi connectivity index (χ1v) is 9.64. The van der Waals surface area contributed by atoms with Gasteiger partial charge >= 0.3 is 0 Å². The molecule has 126 valence electrons. The van der Waals surface area contributed by atoms with Gasteiger partial charge in [-0.2, -0.15) is 0 Å². The number of ether oxygens (including phenoxy) is 1. The Balaban J connectivity index is 1.42. The lowest BCUT2D eigenvalue weighted by Gasteiger charge is -2.44. The number of thiazole rings is 1. The maximum atomic E-state index is 13.0. The molecule has 0 unspecified atom stereocenters.